The molecule has 2 unspecified atom stereocenters. The molecule has 0 radical (unpaired) electrons. The summed E-state index contributed by atoms with van der Waals surface area (Å²) in [5, 5.41) is 9.30. The van der Waals surface area contributed by atoms with Crippen molar-refractivity contribution in [3.63, 3.8) is 0 Å². The average Bonchev–Trinajstić information content (AvgIpc) is 2.41. The number of hydrogen-bond acceptors (Lipinski definition) is 4. The van der Waals surface area contributed by atoms with E-state index in [0.717, 1.165) is 11.3 Å². The lowest BCUT2D eigenvalue weighted by molar-refractivity contribution is 0.281. The largest absolute Gasteiger partial charge is 0.392 e. The van der Waals surface area contributed by atoms with E-state index < -0.39 is 10.0 Å². The first-order valence-electron chi connectivity index (χ1n) is 6.30. The van der Waals surface area contributed by atoms with E-state index in [1.54, 1.807) is 28.6 Å². The molecule has 106 valence electrons. The van der Waals surface area contributed by atoms with Crippen molar-refractivity contribution in [2.45, 2.75) is 36.6 Å². The standard InChI is InChI=1S/C13H19NO3S2/c1-10-11(2)18-8-7-14(10)19(16,17)13-5-3-12(9-15)4-6-13/h3-6,10-11,15H,7-9H2,1-2H3. The van der Waals surface area contributed by atoms with Crippen molar-refractivity contribution >= 4 is 21.8 Å². The molecule has 2 rings (SSSR count). The van der Waals surface area contributed by atoms with E-state index in [1.165, 1.54) is 0 Å². The molecule has 2 atom stereocenters. The Hall–Kier alpha value is -0.560. The zero-order chi connectivity index (χ0) is 14.0. The van der Waals surface area contributed by atoms with Crippen molar-refractivity contribution < 1.29 is 13.5 Å². The first-order valence-corrected chi connectivity index (χ1v) is 8.79. The molecule has 1 aliphatic heterocycles. The van der Waals surface area contributed by atoms with E-state index in [0.29, 0.717) is 16.7 Å². The van der Waals surface area contributed by atoms with E-state index in [-0.39, 0.29) is 12.6 Å². The molecule has 0 bridgehead atoms. The van der Waals surface area contributed by atoms with Crippen LogP contribution in [0.5, 0.6) is 0 Å². The summed E-state index contributed by atoms with van der Waals surface area (Å²) in [6.45, 7) is 4.50. The Bertz CT molecular complexity index is 527. The first kappa shape index (κ1) is 14.8. The molecule has 1 saturated heterocycles. The van der Waals surface area contributed by atoms with Gasteiger partial charge in [0.25, 0.3) is 0 Å². The highest BCUT2D eigenvalue weighted by Crippen LogP contribution is 2.29. The number of thioether (sulfide) groups is 1. The fourth-order valence-electron chi connectivity index (χ4n) is 2.15. The van der Waals surface area contributed by atoms with Gasteiger partial charge in [0, 0.05) is 23.6 Å². The van der Waals surface area contributed by atoms with Gasteiger partial charge in [0.05, 0.1) is 11.5 Å². The molecule has 1 aliphatic rings. The Balaban J connectivity index is 2.30. The Morgan fingerprint density at radius 3 is 2.53 bits per heavy atom. The van der Waals surface area contributed by atoms with Crippen LogP contribution in [0.1, 0.15) is 19.4 Å². The third-order valence-corrected chi connectivity index (χ3v) is 6.88. The lowest BCUT2D eigenvalue weighted by Gasteiger charge is -2.36. The van der Waals surface area contributed by atoms with Crippen LogP contribution in [0.15, 0.2) is 29.2 Å². The maximum atomic E-state index is 12.6. The molecule has 1 fully saturated rings. The molecule has 0 amide bonds. The van der Waals surface area contributed by atoms with Gasteiger partial charge in [0.2, 0.25) is 10.0 Å². The van der Waals surface area contributed by atoms with Crippen LogP contribution in [-0.2, 0) is 16.6 Å². The zero-order valence-electron chi connectivity index (χ0n) is 11.1. The highest BCUT2D eigenvalue weighted by molar-refractivity contribution is 8.00. The topological polar surface area (TPSA) is 57.6 Å². The van der Waals surface area contributed by atoms with Gasteiger partial charge in [-0.1, -0.05) is 19.1 Å². The summed E-state index contributed by atoms with van der Waals surface area (Å²) in [4.78, 5) is 0.302. The fourth-order valence-corrected chi connectivity index (χ4v) is 5.14. The van der Waals surface area contributed by atoms with Gasteiger partial charge in [-0.25, -0.2) is 8.42 Å². The van der Waals surface area contributed by atoms with Crippen LogP contribution < -0.4 is 0 Å². The summed E-state index contributed by atoms with van der Waals surface area (Å²) >= 11 is 1.81. The van der Waals surface area contributed by atoms with E-state index in [9.17, 15) is 8.42 Å². The van der Waals surface area contributed by atoms with Gasteiger partial charge in [-0.2, -0.15) is 16.1 Å². The Kier molecular flexibility index (Phi) is 4.55. The molecule has 0 aliphatic carbocycles. The zero-order valence-corrected chi connectivity index (χ0v) is 12.7. The van der Waals surface area contributed by atoms with Crippen LogP contribution in [0, 0.1) is 0 Å². The number of hydrogen-bond donors (Lipinski definition) is 1. The molecule has 1 aromatic rings. The number of nitrogens with zero attached hydrogens (tertiary/aromatic N) is 1. The van der Waals surface area contributed by atoms with Crippen LogP contribution in [0.4, 0.5) is 0 Å². The normalized spacial score (nSPS) is 25.4. The van der Waals surface area contributed by atoms with Crippen LogP contribution in [0.3, 0.4) is 0 Å². The lowest BCUT2D eigenvalue weighted by atomic mass is 10.2. The van der Waals surface area contributed by atoms with E-state index >= 15 is 0 Å². The quantitative estimate of drug-likeness (QED) is 0.923. The molecule has 0 saturated carbocycles. The number of aliphatic hydroxyl groups excluding tert-OH is 1. The smallest absolute Gasteiger partial charge is 0.243 e. The van der Waals surface area contributed by atoms with Gasteiger partial charge < -0.3 is 5.11 Å². The molecular weight excluding hydrogens is 282 g/mol. The molecular formula is C13H19NO3S2. The molecule has 4 nitrogen and oxygen atoms in total. The maximum absolute atomic E-state index is 12.6. The third kappa shape index (κ3) is 2.97. The summed E-state index contributed by atoms with van der Waals surface area (Å²) in [7, 11) is -3.43. The number of benzene rings is 1. The van der Waals surface area contributed by atoms with Gasteiger partial charge in [-0.15, -0.1) is 0 Å². The second-order valence-electron chi connectivity index (χ2n) is 4.73. The van der Waals surface area contributed by atoms with Gasteiger partial charge in [-0.3, -0.25) is 0 Å². The maximum Gasteiger partial charge on any atom is 0.243 e. The summed E-state index contributed by atoms with van der Waals surface area (Å²) < 4.78 is 26.8. The van der Waals surface area contributed by atoms with E-state index in [4.69, 9.17) is 5.11 Å². The molecule has 6 heteroatoms. The van der Waals surface area contributed by atoms with Gasteiger partial charge >= 0.3 is 0 Å². The van der Waals surface area contributed by atoms with Crippen LogP contribution in [0.25, 0.3) is 0 Å². The predicted molar refractivity (Wildman–Crippen MR) is 77.6 cm³/mol. The summed E-state index contributed by atoms with van der Waals surface area (Å²) in [6, 6.07) is 6.45. The molecule has 1 N–H and O–H groups in total. The Morgan fingerprint density at radius 2 is 1.95 bits per heavy atom. The SMILES string of the molecule is CC1SCCN(S(=O)(=O)c2ccc(CO)cc2)C1C. The van der Waals surface area contributed by atoms with Gasteiger partial charge in [0.15, 0.2) is 0 Å². The van der Waals surface area contributed by atoms with Crippen LogP contribution in [0.2, 0.25) is 0 Å². The summed E-state index contributed by atoms with van der Waals surface area (Å²) in [6.07, 6.45) is 0. The molecule has 0 aromatic heterocycles. The minimum absolute atomic E-state index is 0.00117. The number of aliphatic hydroxyl groups is 1. The molecule has 1 aromatic carbocycles. The first-order chi connectivity index (χ1) is 8.96. The van der Waals surface area contributed by atoms with Gasteiger partial charge in [-0.05, 0) is 24.6 Å². The number of sulfonamides is 1. The minimum Gasteiger partial charge on any atom is -0.392 e. The second kappa shape index (κ2) is 5.83. The lowest BCUT2D eigenvalue weighted by Crippen LogP contribution is -2.47. The monoisotopic (exact) mass is 301 g/mol. The minimum atomic E-state index is -3.43. The number of rotatable bonds is 3. The Morgan fingerprint density at radius 1 is 1.32 bits per heavy atom. The molecule has 0 spiro atoms. The second-order valence-corrected chi connectivity index (χ2v) is 8.11. The van der Waals surface area contributed by atoms with Crippen molar-refractivity contribution in [2.24, 2.45) is 0 Å². The van der Waals surface area contributed by atoms with Gasteiger partial charge in [0.1, 0.15) is 0 Å². The fraction of sp³-hybridized carbons (Fsp3) is 0.538. The van der Waals surface area contributed by atoms with Crippen LogP contribution >= 0.6 is 11.8 Å². The van der Waals surface area contributed by atoms with E-state index in [2.05, 4.69) is 6.92 Å². The van der Waals surface area contributed by atoms with E-state index in [1.807, 2.05) is 18.7 Å². The average molecular weight is 301 g/mol. The highest BCUT2D eigenvalue weighted by atomic mass is 32.2. The molecule has 1 heterocycles. The van der Waals surface area contributed by atoms with Crippen LogP contribution in [-0.4, -0.2) is 41.4 Å². The van der Waals surface area contributed by atoms with Crippen molar-refractivity contribution in [1.29, 1.82) is 0 Å². The van der Waals surface area contributed by atoms with Crippen molar-refractivity contribution in [3.8, 4) is 0 Å². The van der Waals surface area contributed by atoms with Crippen molar-refractivity contribution in [3.05, 3.63) is 29.8 Å². The summed E-state index contributed by atoms with van der Waals surface area (Å²) in [5.74, 6) is 0.833. The summed E-state index contributed by atoms with van der Waals surface area (Å²) in [5.41, 5.74) is 0.717. The molecule has 19 heavy (non-hydrogen) atoms. The highest BCUT2D eigenvalue weighted by Gasteiger charge is 2.34. The predicted octanol–water partition coefficient (Wildman–Crippen LogP) is 1.69. The van der Waals surface area contributed by atoms with Crippen molar-refractivity contribution in [1.82, 2.24) is 4.31 Å². The Labute approximate surface area is 118 Å². The third-order valence-electron chi connectivity index (χ3n) is 3.54. The van der Waals surface area contributed by atoms with Crippen molar-refractivity contribution in [2.75, 3.05) is 12.3 Å².